The SMILES string of the molecule is C=C1CCCN(C(=O)C(C)(C)CN)C1. The minimum absolute atomic E-state index is 0.154. The van der Waals surface area contributed by atoms with Gasteiger partial charge in [-0.3, -0.25) is 4.79 Å². The lowest BCUT2D eigenvalue weighted by Crippen LogP contribution is -2.47. The number of nitrogens with two attached hydrogens (primary N) is 1. The number of piperidine rings is 1. The van der Waals surface area contributed by atoms with Gasteiger partial charge >= 0.3 is 0 Å². The molecule has 0 aromatic heterocycles. The maximum absolute atomic E-state index is 12.0. The Hall–Kier alpha value is -0.830. The standard InChI is InChI=1S/C11H20N2O/c1-9-5-4-6-13(7-9)10(14)11(2,3)8-12/h1,4-8,12H2,2-3H3. The van der Waals surface area contributed by atoms with Crippen molar-refractivity contribution < 1.29 is 4.79 Å². The Balaban J connectivity index is 2.64. The van der Waals surface area contributed by atoms with Gasteiger partial charge in [0.05, 0.1) is 5.41 Å². The van der Waals surface area contributed by atoms with E-state index in [1.165, 1.54) is 0 Å². The second-order valence-corrected chi connectivity index (χ2v) is 4.67. The van der Waals surface area contributed by atoms with Crippen LogP contribution in [0.4, 0.5) is 0 Å². The summed E-state index contributed by atoms with van der Waals surface area (Å²) in [6.45, 7) is 9.68. The predicted octanol–water partition coefficient (Wildman–Crippen LogP) is 1.15. The molecule has 0 spiro atoms. The minimum Gasteiger partial charge on any atom is -0.338 e. The van der Waals surface area contributed by atoms with E-state index in [0.29, 0.717) is 13.1 Å². The summed E-state index contributed by atoms with van der Waals surface area (Å²) < 4.78 is 0. The van der Waals surface area contributed by atoms with Gasteiger partial charge < -0.3 is 10.6 Å². The molecule has 1 saturated heterocycles. The van der Waals surface area contributed by atoms with Gasteiger partial charge in [-0.15, -0.1) is 0 Å². The zero-order valence-corrected chi connectivity index (χ0v) is 9.18. The van der Waals surface area contributed by atoms with Crippen LogP contribution in [-0.4, -0.2) is 30.4 Å². The van der Waals surface area contributed by atoms with Crippen molar-refractivity contribution in [3.8, 4) is 0 Å². The number of hydrogen-bond acceptors (Lipinski definition) is 2. The van der Waals surface area contributed by atoms with Crippen LogP contribution in [0.2, 0.25) is 0 Å². The van der Waals surface area contributed by atoms with Crippen LogP contribution < -0.4 is 5.73 Å². The first-order valence-corrected chi connectivity index (χ1v) is 5.13. The summed E-state index contributed by atoms with van der Waals surface area (Å²) in [6, 6.07) is 0. The zero-order valence-electron chi connectivity index (χ0n) is 9.18. The van der Waals surface area contributed by atoms with E-state index in [2.05, 4.69) is 6.58 Å². The Labute approximate surface area is 86.0 Å². The molecule has 0 aromatic carbocycles. The summed E-state index contributed by atoms with van der Waals surface area (Å²) in [4.78, 5) is 13.9. The maximum atomic E-state index is 12.0. The number of rotatable bonds is 2. The van der Waals surface area contributed by atoms with Crippen LogP contribution in [0.1, 0.15) is 26.7 Å². The van der Waals surface area contributed by atoms with Gasteiger partial charge in [0.25, 0.3) is 0 Å². The summed E-state index contributed by atoms with van der Waals surface area (Å²) in [5.41, 5.74) is 6.30. The van der Waals surface area contributed by atoms with Gasteiger partial charge in [-0.1, -0.05) is 12.2 Å². The quantitative estimate of drug-likeness (QED) is 0.673. The molecule has 0 aliphatic carbocycles. The molecule has 14 heavy (non-hydrogen) atoms. The van der Waals surface area contributed by atoms with E-state index in [0.717, 1.165) is 25.0 Å². The van der Waals surface area contributed by atoms with Gasteiger partial charge in [-0.05, 0) is 26.7 Å². The molecule has 3 nitrogen and oxygen atoms in total. The molecule has 80 valence electrons. The third kappa shape index (κ3) is 2.35. The Bertz CT molecular complexity index is 246. The van der Waals surface area contributed by atoms with E-state index < -0.39 is 5.41 Å². The third-order valence-electron chi connectivity index (χ3n) is 2.75. The normalized spacial score (nSPS) is 18.5. The van der Waals surface area contributed by atoms with Crippen LogP contribution in [0.25, 0.3) is 0 Å². The fourth-order valence-electron chi connectivity index (χ4n) is 1.64. The number of carbonyl (C=O) groups excluding carboxylic acids is 1. The number of likely N-dealkylation sites (tertiary alicyclic amines) is 1. The number of nitrogens with zero attached hydrogens (tertiary/aromatic N) is 1. The van der Waals surface area contributed by atoms with Crippen LogP contribution in [0.15, 0.2) is 12.2 Å². The molecule has 1 rings (SSSR count). The molecule has 0 aromatic rings. The van der Waals surface area contributed by atoms with Gasteiger partial charge in [-0.25, -0.2) is 0 Å². The number of hydrogen-bond donors (Lipinski definition) is 1. The fraction of sp³-hybridized carbons (Fsp3) is 0.727. The Kier molecular flexibility index (Phi) is 3.32. The molecule has 1 heterocycles. The van der Waals surface area contributed by atoms with Gasteiger partial charge in [-0.2, -0.15) is 0 Å². The molecular formula is C11H20N2O. The lowest BCUT2D eigenvalue weighted by molar-refractivity contribution is -0.140. The van der Waals surface area contributed by atoms with Gasteiger partial charge in [0.1, 0.15) is 0 Å². The highest BCUT2D eigenvalue weighted by Gasteiger charge is 2.31. The summed E-state index contributed by atoms with van der Waals surface area (Å²) in [5.74, 6) is 0.154. The monoisotopic (exact) mass is 196 g/mol. The topological polar surface area (TPSA) is 46.3 Å². The summed E-state index contributed by atoms with van der Waals surface area (Å²) in [6.07, 6.45) is 2.08. The van der Waals surface area contributed by atoms with E-state index in [1.54, 1.807) is 0 Å². The van der Waals surface area contributed by atoms with Crippen LogP contribution in [0, 0.1) is 5.41 Å². The van der Waals surface area contributed by atoms with Gasteiger partial charge in [0.15, 0.2) is 0 Å². The van der Waals surface area contributed by atoms with E-state index in [4.69, 9.17) is 5.73 Å². The van der Waals surface area contributed by atoms with Crippen molar-refractivity contribution >= 4 is 5.91 Å². The summed E-state index contributed by atoms with van der Waals surface area (Å²) in [5, 5.41) is 0. The number of carbonyl (C=O) groups is 1. The summed E-state index contributed by atoms with van der Waals surface area (Å²) in [7, 11) is 0. The molecule has 3 heteroatoms. The zero-order chi connectivity index (χ0) is 10.8. The first kappa shape index (κ1) is 11.2. The van der Waals surface area contributed by atoms with Crippen LogP contribution >= 0.6 is 0 Å². The van der Waals surface area contributed by atoms with E-state index >= 15 is 0 Å². The van der Waals surface area contributed by atoms with E-state index in [9.17, 15) is 4.79 Å². The largest absolute Gasteiger partial charge is 0.338 e. The molecule has 0 unspecified atom stereocenters. The third-order valence-corrected chi connectivity index (χ3v) is 2.75. The highest BCUT2D eigenvalue weighted by molar-refractivity contribution is 5.82. The van der Waals surface area contributed by atoms with E-state index in [-0.39, 0.29) is 5.91 Å². The second-order valence-electron chi connectivity index (χ2n) is 4.67. The van der Waals surface area contributed by atoms with Crippen molar-refractivity contribution in [2.75, 3.05) is 19.6 Å². The van der Waals surface area contributed by atoms with Crippen molar-refractivity contribution in [3.63, 3.8) is 0 Å². The average Bonchev–Trinajstić information content (AvgIpc) is 2.16. The molecule has 1 aliphatic rings. The fourth-order valence-corrected chi connectivity index (χ4v) is 1.64. The predicted molar refractivity (Wildman–Crippen MR) is 57.8 cm³/mol. The van der Waals surface area contributed by atoms with Crippen molar-refractivity contribution in [1.29, 1.82) is 0 Å². The second kappa shape index (κ2) is 4.13. The number of amides is 1. The Morgan fingerprint density at radius 1 is 1.64 bits per heavy atom. The molecule has 0 bridgehead atoms. The van der Waals surface area contributed by atoms with Gasteiger partial charge in [0, 0.05) is 19.6 Å². The maximum Gasteiger partial charge on any atom is 0.229 e. The molecular weight excluding hydrogens is 176 g/mol. The highest BCUT2D eigenvalue weighted by atomic mass is 16.2. The molecule has 1 fully saturated rings. The molecule has 1 aliphatic heterocycles. The van der Waals surface area contributed by atoms with Crippen molar-refractivity contribution in [3.05, 3.63) is 12.2 Å². The van der Waals surface area contributed by atoms with Crippen LogP contribution in [0.5, 0.6) is 0 Å². The minimum atomic E-state index is -0.433. The lowest BCUT2D eigenvalue weighted by Gasteiger charge is -2.34. The lowest BCUT2D eigenvalue weighted by atomic mass is 9.90. The first-order valence-electron chi connectivity index (χ1n) is 5.13. The van der Waals surface area contributed by atoms with E-state index in [1.807, 2.05) is 18.7 Å². The van der Waals surface area contributed by atoms with Gasteiger partial charge in [0.2, 0.25) is 5.91 Å². The first-order chi connectivity index (χ1) is 6.47. The Morgan fingerprint density at radius 3 is 2.79 bits per heavy atom. The van der Waals surface area contributed by atoms with Crippen molar-refractivity contribution in [2.45, 2.75) is 26.7 Å². The molecule has 0 radical (unpaired) electrons. The van der Waals surface area contributed by atoms with Crippen LogP contribution in [0.3, 0.4) is 0 Å². The smallest absolute Gasteiger partial charge is 0.229 e. The molecule has 0 saturated carbocycles. The van der Waals surface area contributed by atoms with Crippen molar-refractivity contribution in [2.24, 2.45) is 11.1 Å². The molecule has 2 N–H and O–H groups in total. The Morgan fingerprint density at radius 2 is 2.29 bits per heavy atom. The van der Waals surface area contributed by atoms with Crippen molar-refractivity contribution in [1.82, 2.24) is 4.90 Å². The van der Waals surface area contributed by atoms with Crippen LogP contribution in [-0.2, 0) is 4.79 Å². The molecule has 0 atom stereocenters. The average molecular weight is 196 g/mol. The molecule has 1 amide bonds. The highest BCUT2D eigenvalue weighted by Crippen LogP contribution is 2.21. The summed E-state index contributed by atoms with van der Waals surface area (Å²) >= 11 is 0.